The van der Waals surface area contributed by atoms with Gasteiger partial charge in [-0.15, -0.1) is 11.3 Å². The molecule has 0 aliphatic carbocycles. The van der Waals surface area contributed by atoms with Crippen molar-refractivity contribution in [3.8, 4) is 5.75 Å². The van der Waals surface area contributed by atoms with Crippen LogP contribution >= 0.6 is 11.3 Å². The van der Waals surface area contributed by atoms with Gasteiger partial charge in [-0.2, -0.15) is 0 Å². The van der Waals surface area contributed by atoms with E-state index in [9.17, 15) is 4.79 Å². The summed E-state index contributed by atoms with van der Waals surface area (Å²) in [5.41, 5.74) is 3.46. The molecule has 1 amide bonds. The van der Waals surface area contributed by atoms with Gasteiger partial charge in [0.25, 0.3) is 0 Å². The van der Waals surface area contributed by atoms with Crippen LogP contribution in [0.25, 0.3) is 10.2 Å². The maximum absolute atomic E-state index is 13.0. The number of nitrogens with zero attached hydrogens (tertiary/aromatic N) is 3. The van der Waals surface area contributed by atoms with Gasteiger partial charge in [0.1, 0.15) is 12.4 Å². The number of fused-ring (bicyclic) bond motifs is 2. The number of hydrogen-bond donors (Lipinski definition) is 0. The first-order valence-corrected chi connectivity index (χ1v) is 12.2. The molecule has 162 valence electrons. The summed E-state index contributed by atoms with van der Waals surface area (Å²) < 4.78 is 7.14. The summed E-state index contributed by atoms with van der Waals surface area (Å²) in [6.07, 6.45) is 5.12. The lowest BCUT2D eigenvalue weighted by Crippen LogP contribution is -2.32. The summed E-state index contributed by atoms with van der Waals surface area (Å²) in [7, 11) is 0. The van der Waals surface area contributed by atoms with Gasteiger partial charge in [0.2, 0.25) is 5.91 Å². The van der Waals surface area contributed by atoms with E-state index in [-0.39, 0.29) is 5.91 Å². The van der Waals surface area contributed by atoms with Gasteiger partial charge < -0.3 is 9.64 Å². The Balaban J connectivity index is 1.23. The monoisotopic (exact) mass is 435 g/mol. The van der Waals surface area contributed by atoms with E-state index in [2.05, 4.69) is 34.1 Å². The standard InChI is InChI=1S/C25H29N3O2S/c29-25(11-10-24-26-21-6-2-3-7-23(21)31-24)28-14-15-30-22-9-8-19(16-20(22)18-28)17-27-12-4-1-5-13-27/h2-3,6-9,16H,1,4-5,10-15,17-18H2. The highest BCUT2D eigenvalue weighted by Gasteiger charge is 2.21. The number of carbonyl (C=O) groups is 1. The Morgan fingerprint density at radius 3 is 2.81 bits per heavy atom. The Morgan fingerprint density at radius 2 is 1.94 bits per heavy atom. The van der Waals surface area contributed by atoms with Crippen LogP contribution in [0.2, 0.25) is 0 Å². The van der Waals surface area contributed by atoms with Crippen LogP contribution in [-0.4, -0.2) is 46.9 Å². The molecule has 0 bridgehead atoms. The van der Waals surface area contributed by atoms with Gasteiger partial charge in [-0.1, -0.05) is 24.6 Å². The molecule has 3 aromatic rings. The van der Waals surface area contributed by atoms with Crippen LogP contribution in [0.1, 0.15) is 41.8 Å². The highest BCUT2D eigenvalue weighted by Crippen LogP contribution is 2.27. The van der Waals surface area contributed by atoms with Gasteiger partial charge in [-0.3, -0.25) is 9.69 Å². The van der Waals surface area contributed by atoms with Crippen molar-refractivity contribution in [1.29, 1.82) is 0 Å². The third-order valence-corrected chi connectivity index (χ3v) is 7.30. The number of ether oxygens (including phenoxy) is 1. The fourth-order valence-corrected chi connectivity index (χ4v) is 5.50. The van der Waals surface area contributed by atoms with Crippen molar-refractivity contribution >= 4 is 27.5 Å². The molecule has 31 heavy (non-hydrogen) atoms. The molecule has 0 radical (unpaired) electrons. The van der Waals surface area contributed by atoms with E-state index < -0.39 is 0 Å². The second-order valence-corrected chi connectivity index (χ2v) is 9.63. The first-order valence-electron chi connectivity index (χ1n) is 11.3. The van der Waals surface area contributed by atoms with E-state index in [1.807, 2.05) is 23.1 Å². The Hall–Kier alpha value is -2.44. The number of thiazole rings is 1. The van der Waals surface area contributed by atoms with Gasteiger partial charge in [0.05, 0.1) is 21.8 Å². The number of rotatable bonds is 5. The van der Waals surface area contributed by atoms with Gasteiger partial charge in [0.15, 0.2) is 0 Å². The lowest BCUT2D eigenvalue weighted by atomic mass is 10.1. The maximum atomic E-state index is 13.0. The molecular formula is C25H29N3O2S. The number of para-hydroxylation sites is 1. The van der Waals surface area contributed by atoms with Crippen molar-refractivity contribution in [2.75, 3.05) is 26.2 Å². The summed E-state index contributed by atoms with van der Waals surface area (Å²) in [6.45, 7) is 5.16. The van der Waals surface area contributed by atoms with Gasteiger partial charge in [-0.05, 0) is 55.8 Å². The normalized spacial score (nSPS) is 17.2. The topological polar surface area (TPSA) is 45.7 Å². The molecule has 1 saturated heterocycles. The van der Waals surface area contributed by atoms with E-state index in [4.69, 9.17) is 4.74 Å². The molecule has 6 heteroatoms. The van der Waals surface area contributed by atoms with E-state index in [1.54, 1.807) is 11.3 Å². The molecule has 2 aliphatic heterocycles. The Morgan fingerprint density at radius 1 is 1.06 bits per heavy atom. The molecule has 3 heterocycles. The third-order valence-electron chi connectivity index (χ3n) is 6.20. The zero-order valence-electron chi connectivity index (χ0n) is 17.9. The van der Waals surface area contributed by atoms with E-state index in [0.717, 1.165) is 28.4 Å². The lowest BCUT2D eigenvalue weighted by molar-refractivity contribution is -0.131. The first-order chi connectivity index (χ1) is 15.2. The molecule has 5 rings (SSSR count). The first kappa shape index (κ1) is 20.5. The van der Waals surface area contributed by atoms with Crippen LogP contribution in [0.4, 0.5) is 0 Å². The summed E-state index contributed by atoms with van der Waals surface area (Å²) >= 11 is 1.69. The molecular weight excluding hydrogens is 406 g/mol. The van der Waals surface area contributed by atoms with Crippen LogP contribution in [-0.2, 0) is 24.3 Å². The molecule has 2 aliphatic rings. The third kappa shape index (κ3) is 4.91. The minimum absolute atomic E-state index is 0.178. The number of benzene rings is 2. The summed E-state index contributed by atoms with van der Waals surface area (Å²) in [5, 5.41) is 1.03. The molecule has 0 spiro atoms. The quantitative estimate of drug-likeness (QED) is 0.586. The van der Waals surface area contributed by atoms with Gasteiger partial charge >= 0.3 is 0 Å². The SMILES string of the molecule is O=C(CCc1nc2ccccc2s1)N1CCOc2ccc(CN3CCCCC3)cc2C1. The summed E-state index contributed by atoms with van der Waals surface area (Å²) in [6, 6.07) is 14.7. The van der Waals surface area contributed by atoms with E-state index >= 15 is 0 Å². The zero-order chi connectivity index (χ0) is 21.0. The van der Waals surface area contributed by atoms with E-state index in [1.165, 1.54) is 42.6 Å². The fraction of sp³-hybridized carbons (Fsp3) is 0.440. The number of aryl methyl sites for hydroxylation is 1. The van der Waals surface area contributed by atoms with Crippen molar-refractivity contribution in [2.24, 2.45) is 0 Å². The average molecular weight is 436 g/mol. The molecule has 0 saturated carbocycles. The Bertz CT molecular complexity index is 1020. The smallest absolute Gasteiger partial charge is 0.223 e. The summed E-state index contributed by atoms with van der Waals surface area (Å²) in [4.78, 5) is 22.1. The Labute approximate surface area is 187 Å². The van der Waals surface area contributed by atoms with Crippen molar-refractivity contribution in [3.63, 3.8) is 0 Å². The van der Waals surface area contributed by atoms with Crippen molar-refractivity contribution in [2.45, 2.75) is 45.2 Å². The molecule has 5 nitrogen and oxygen atoms in total. The van der Waals surface area contributed by atoms with Crippen molar-refractivity contribution in [1.82, 2.24) is 14.8 Å². The van der Waals surface area contributed by atoms with Crippen molar-refractivity contribution in [3.05, 3.63) is 58.6 Å². The number of amides is 1. The highest BCUT2D eigenvalue weighted by molar-refractivity contribution is 7.18. The van der Waals surface area contributed by atoms with Crippen LogP contribution < -0.4 is 4.74 Å². The number of piperidine rings is 1. The van der Waals surface area contributed by atoms with Crippen molar-refractivity contribution < 1.29 is 9.53 Å². The number of hydrogen-bond acceptors (Lipinski definition) is 5. The maximum Gasteiger partial charge on any atom is 0.223 e. The zero-order valence-corrected chi connectivity index (χ0v) is 18.7. The van der Waals surface area contributed by atoms with Gasteiger partial charge in [-0.25, -0.2) is 4.98 Å². The second-order valence-electron chi connectivity index (χ2n) is 8.52. The number of aromatic nitrogens is 1. The molecule has 2 aromatic carbocycles. The van der Waals surface area contributed by atoms with E-state index in [0.29, 0.717) is 32.5 Å². The number of carbonyl (C=O) groups excluding carboxylic acids is 1. The Kier molecular flexibility index (Phi) is 6.18. The molecule has 0 atom stereocenters. The second kappa shape index (κ2) is 9.37. The molecule has 0 N–H and O–H groups in total. The largest absolute Gasteiger partial charge is 0.491 e. The predicted octanol–water partition coefficient (Wildman–Crippen LogP) is 4.64. The molecule has 0 unspecified atom stereocenters. The average Bonchev–Trinajstić information content (AvgIpc) is 3.10. The minimum Gasteiger partial charge on any atom is -0.491 e. The highest BCUT2D eigenvalue weighted by atomic mass is 32.1. The summed E-state index contributed by atoms with van der Waals surface area (Å²) in [5.74, 6) is 1.10. The lowest BCUT2D eigenvalue weighted by Gasteiger charge is -2.26. The van der Waals surface area contributed by atoms with Crippen LogP contribution in [0.3, 0.4) is 0 Å². The molecule has 1 aromatic heterocycles. The van der Waals surface area contributed by atoms with Gasteiger partial charge in [0, 0.05) is 31.5 Å². The fourth-order valence-electron chi connectivity index (χ4n) is 4.53. The van der Waals surface area contributed by atoms with Crippen LogP contribution in [0, 0.1) is 0 Å². The number of likely N-dealkylation sites (tertiary alicyclic amines) is 1. The predicted molar refractivity (Wildman–Crippen MR) is 124 cm³/mol. The van der Waals surface area contributed by atoms with Crippen LogP contribution in [0.5, 0.6) is 5.75 Å². The van der Waals surface area contributed by atoms with Crippen LogP contribution in [0.15, 0.2) is 42.5 Å². The minimum atomic E-state index is 0.178. The molecule has 1 fully saturated rings.